The summed E-state index contributed by atoms with van der Waals surface area (Å²) in [4.78, 5) is 33.8. The van der Waals surface area contributed by atoms with Crippen molar-refractivity contribution in [2.24, 2.45) is 5.92 Å². The fraction of sp³-hybridized carbons (Fsp3) is 0.606. The highest BCUT2D eigenvalue weighted by Crippen LogP contribution is 2.41. The van der Waals surface area contributed by atoms with Crippen LogP contribution < -0.4 is 9.47 Å². The molecule has 2 N–H and O–H groups in total. The molecule has 0 radical (unpaired) electrons. The molecule has 1 aromatic heterocycles. The number of likely N-dealkylation sites (tertiary alicyclic amines) is 1. The Labute approximate surface area is 260 Å². The number of nitrogens with zero attached hydrogens (tertiary/aromatic N) is 3. The Morgan fingerprint density at radius 2 is 1.80 bits per heavy atom. The van der Waals surface area contributed by atoms with Gasteiger partial charge in [0, 0.05) is 58.8 Å². The number of unbranched alkanes of at least 4 members (excludes halogenated alkanes) is 1. The third-order valence-electron chi connectivity index (χ3n) is 8.31. The van der Waals surface area contributed by atoms with Crippen LogP contribution in [-0.4, -0.2) is 96.8 Å². The van der Waals surface area contributed by atoms with E-state index in [9.17, 15) is 19.8 Å². The lowest BCUT2D eigenvalue weighted by molar-refractivity contribution is -0.154. The molecule has 11 heteroatoms. The van der Waals surface area contributed by atoms with E-state index in [-0.39, 0.29) is 31.5 Å². The maximum absolute atomic E-state index is 14.5. The number of carbonyl (C=O) groups is 2. The Morgan fingerprint density at radius 1 is 1.02 bits per heavy atom. The molecular weight excluding hydrogens is 566 g/mol. The van der Waals surface area contributed by atoms with Crippen molar-refractivity contribution in [3.8, 4) is 11.6 Å². The van der Waals surface area contributed by atoms with Gasteiger partial charge in [-0.3, -0.25) is 4.79 Å². The van der Waals surface area contributed by atoms with Crippen LogP contribution in [-0.2, 0) is 32.8 Å². The molecule has 2 heterocycles. The van der Waals surface area contributed by atoms with Crippen molar-refractivity contribution in [3.05, 3.63) is 53.2 Å². The van der Waals surface area contributed by atoms with Crippen molar-refractivity contribution in [1.82, 2.24) is 14.8 Å². The number of carboxylic acid groups (broad SMARTS) is 1. The van der Waals surface area contributed by atoms with E-state index in [0.29, 0.717) is 50.2 Å². The van der Waals surface area contributed by atoms with Crippen LogP contribution in [0, 0.1) is 5.92 Å². The lowest BCUT2D eigenvalue weighted by atomic mass is 9.75. The molecule has 0 bridgehead atoms. The normalized spacial score (nSPS) is 19.9. The minimum atomic E-state index is -1.58. The quantitative estimate of drug-likeness (QED) is 0.252. The van der Waals surface area contributed by atoms with E-state index in [1.807, 2.05) is 17.0 Å². The molecule has 2 atom stereocenters. The number of rotatable bonds is 17. The highest BCUT2D eigenvalue weighted by Gasteiger charge is 2.51. The molecule has 2 amide bonds. The van der Waals surface area contributed by atoms with Gasteiger partial charge in [-0.25, -0.2) is 9.78 Å². The van der Waals surface area contributed by atoms with Crippen LogP contribution in [0.1, 0.15) is 62.1 Å². The molecule has 2 aromatic rings. The molecule has 11 nitrogen and oxygen atoms in total. The van der Waals surface area contributed by atoms with Gasteiger partial charge in [0.25, 0.3) is 0 Å². The molecule has 0 spiro atoms. The van der Waals surface area contributed by atoms with Crippen LogP contribution in [0.3, 0.4) is 0 Å². The molecular formula is C33H47N3O8. The van der Waals surface area contributed by atoms with Crippen molar-refractivity contribution >= 4 is 12.0 Å². The number of carbonyl (C=O) groups excluding carboxylic acids is 1. The van der Waals surface area contributed by atoms with Gasteiger partial charge in [0.1, 0.15) is 18.0 Å². The van der Waals surface area contributed by atoms with Crippen molar-refractivity contribution in [2.75, 3.05) is 53.7 Å². The highest BCUT2D eigenvalue weighted by atomic mass is 16.5. The Morgan fingerprint density at radius 3 is 2.50 bits per heavy atom. The van der Waals surface area contributed by atoms with E-state index in [1.165, 1.54) is 4.90 Å². The van der Waals surface area contributed by atoms with Gasteiger partial charge in [-0.2, -0.15) is 0 Å². The summed E-state index contributed by atoms with van der Waals surface area (Å²) in [5.74, 6) is -0.186. The van der Waals surface area contributed by atoms with Crippen LogP contribution in [0.2, 0.25) is 0 Å². The van der Waals surface area contributed by atoms with Crippen LogP contribution in [0.15, 0.2) is 36.5 Å². The Bertz CT molecular complexity index is 1210. The van der Waals surface area contributed by atoms with Crippen LogP contribution >= 0.6 is 0 Å². The number of aryl methyl sites for hydroxylation is 1. The summed E-state index contributed by atoms with van der Waals surface area (Å²) in [5.41, 5.74) is 0.914. The van der Waals surface area contributed by atoms with E-state index in [2.05, 4.69) is 18.0 Å². The Balaban J connectivity index is 1.63. The largest absolute Gasteiger partial charge is 0.491 e. The van der Waals surface area contributed by atoms with Gasteiger partial charge in [-0.1, -0.05) is 19.4 Å². The summed E-state index contributed by atoms with van der Waals surface area (Å²) in [6.07, 6.45) is 5.73. The van der Waals surface area contributed by atoms with Gasteiger partial charge in [0.2, 0.25) is 11.8 Å². The van der Waals surface area contributed by atoms with Gasteiger partial charge in [-0.15, -0.1) is 0 Å². The Kier molecular flexibility index (Phi) is 12.2. The van der Waals surface area contributed by atoms with E-state index in [1.54, 1.807) is 32.5 Å². The molecule has 2 fully saturated rings. The second-order valence-corrected chi connectivity index (χ2v) is 11.7. The smallest absolute Gasteiger partial charge is 0.407 e. The van der Waals surface area contributed by atoms with Crippen molar-refractivity contribution in [3.63, 3.8) is 0 Å². The molecule has 1 aliphatic heterocycles. The standard InChI is InChI=1S/C33H47N3O8/c1-4-5-15-44-30-21-26(10-12-34-30)33(40)11-13-35(32(38)39)23-29(33)31(37)36(27-8-9-27)22-25-18-24(7-6-14-41-2)19-28(20-25)43-17-16-42-3/h10,12,18-21,27,29,40H,4-9,11,13-17,22-23H2,1-3H3,(H,38,39)/t29-,33+/m1/s1. The number of ether oxygens (including phenoxy) is 4. The van der Waals surface area contributed by atoms with Gasteiger partial charge in [0.15, 0.2) is 0 Å². The molecule has 1 aromatic carbocycles. The molecule has 0 unspecified atom stereocenters. The zero-order valence-corrected chi connectivity index (χ0v) is 26.2. The van der Waals surface area contributed by atoms with Crippen LogP contribution in [0.4, 0.5) is 4.79 Å². The molecule has 2 aliphatic rings. The van der Waals surface area contributed by atoms with Crippen LogP contribution in [0.5, 0.6) is 11.6 Å². The summed E-state index contributed by atoms with van der Waals surface area (Å²) < 4.78 is 22.1. The molecule has 1 aliphatic carbocycles. The average molecular weight is 614 g/mol. The fourth-order valence-corrected chi connectivity index (χ4v) is 5.70. The molecule has 44 heavy (non-hydrogen) atoms. The predicted molar refractivity (Wildman–Crippen MR) is 164 cm³/mol. The van der Waals surface area contributed by atoms with E-state index in [4.69, 9.17) is 18.9 Å². The minimum Gasteiger partial charge on any atom is -0.491 e. The van der Waals surface area contributed by atoms with Crippen molar-refractivity contribution in [1.29, 1.82) is 0 Å². The minimum absolute atomic E-state index is 0.0207. The third-order valence-corrected chi connectivity index (χ3v) is 8.31. The second kappa shape index (κ2) is 16.1. The van der Waals surface area contributed by atoms with Crippen LogP contribution in [0.25, 0.3) is 0 Å². The lowest BCUT2D eigenvalue weighted by Gasteiger charge is -2.44. The topological polar surface area (TPSA) is 131 Å². The van der Waals surface area contributed by atoms with E-state index >= 15 is 0 Å². The third kappa shape index (κ3) is 8.83. The average Bonchev–Trinajstić information content (AvgIpc) is 3.86. The van der Waals surface area contributed by atoms with Crippen molar-refractivity contribution < 1.29 is 38.7 Å². The number of hydrogen-bond acceptors (Lipinski definition) is 8. The number of piperidine rings is 1. The van der Waals surface area contributed by atoms with Gasteiger partial charge in [-0.05, 0) is 73.4 Å². The van der Waals surface area contributed by atoms with Gasteiger partial charge >= 0.3 is 6.09 Å². The second-order valence-electron chi connectivity index (χ2n) is 11.7. The van der Waals surface area contributed by atoms with Gasteiger partial charge < -0.3 is 39.0 Å². The maximum Gasteiger partial charge on any atom is 0.407 e. The van der Waals surface area contributed by atoms with E-state index < -0.39 is 17.6 Å². The predicted octanol–water partition coefficient (Wildman–Crippen LogP) is 4.24. The summed E-state index contributed by atoms with van der Waals surface area (Å²) in [7, 11) is 3.30. The number of amides is 2. The monoisotopic (exact) mass is 613 g/mol. The first-order chi connectivity index (χ1) is 21.3. The SMILES string of the molecule is CCCCOc1cc([C@@]2(O)CCN(C(=O)O)C[C@@H]2C(=O)N(Cc2cc(CCCOC)cc(OCCOC)c2)C2CC2)ccn1. The molecule has 4 rings (SSSR count). The Hall–Kier alpha value is -3.41. The number of aliphatic hydroxyl groups is 1. The summed E-state index contributed by atoms with van der Waals surface area (Å²) >= 11 is 0. The first-order valence-electron chi connectivity index (χ1n) is 15.6. The molecule has 242 valence electrons. The summed E-state index contributed by atoms with van der Waals surface area (Å²) in [5, 5.41) is 22.1. The first-order valence-corrected chi connectivity index (χ1v) is 15.6. The zero-order valence-electron chi connectivity index (χ0n) is 26.2. The number of aromatic nitrogens is 1. The number of benzene rings is 1. The molecule has 1 saturated heterocycles. The number of pyridine rings is 1. The highest BCUT2D eigenvalue weighted by molar-refractivity contribution is 5.82. The van der Waals surface area contributed by atoms with Gasteiger partial charge in [0.05, 0.1) is 19.1 Å². The van der Waals surface area contributed by atoms with E-state index in [0.717, 1.165) is 49.7 Å². The first kappa shape index (κ1) is 33.5. The maximum atomic E-state index is 14.5. The fourth-order valence-electron chi connectivity index (χ4n) is 5.70. The summed E-state index contributed by atoms with van der Waals surface area (Å²) in [6.45, 7) is 4.39. The number of methoxy groups -OCH3 is 2. The lowest BCUT2D eigenvalue weighted by Crippen LogP contribution is -2.57. The molecule has 1 saturated carbocycles. The zero-order chi connectivity index (χ0) is 31.5. The summed E-state index contributed by atoms with van der Waals surface area (Å²) in [6, 6.07) is 9.43. The van der Waals surface area contributed by atoms with Crippen molar-refractivity contribution in [2.45, 2.75) is 70.1 Å². The number of hydrogen-bond donors (Lipinski definition) is 2.